The van der Waals surface area contributed by atoms with E-state index in [1.807, 2.05) is 6.08 Å². The highest BCUT2D eigenvalue weighted by Gasteiger charge is 2.59. The molecule has 7 rings (SSSR count). The highest BCUT2D eigenvalue weighted by atomic mass is 16.8. The molecule has 7 saturated heterocycles. The summed E-state index contributed by atoms with van der Waals surface area (Å²) in [7, 11) is 0. The summed E-state index contributed by atoms with van der Waals surface area (Å²) in [6.45, 7) is -1.13. The Kier molecular flexibility index (Phi) is 48.5. The van der Waals surface area contributed by atoms with Crippen molar-refractivity contribution in [3.8, 4) is 0 Å². The topological polar surface area (TPSA) is 641 Å². The summed E-state index contributed by atoms with van der Waals surface area (Å²) in [5.41, 5.74) is 0. The van der Waals surface area contributed by atoms with Gasteiger partial charge in [0.2, 0.25) is 17.7 Å². The first kappa shape index (κ1) is 107. The Hall–Kier alpha value is -3.25. The molecule has 0 aromatic rings. The van der Waals surface area contributed by atoms with Crippen molar-refractivity contribution in [1.82, 2.24) is 16.0 Å². The molecule has 41 heteroatoms. The summed E-state index contributed by atoms with van der Waals surface area (Å²) < 4.78 is 83.0. The number of carbonyl (C=O) groups is 3. The fraction of sp³-hybridized carbons (Fsp3) is 0.939. The lowest BCUT2D eigenvalue weighted by molar-refractivity contribution is -0.390. The number of unbranched alkanes of at least 4 members (excludes halogenated alkanes) is 25. The lowest BCUT2D eigenvalue weighted by Gasteiger charge is -2.51. The minimum atomic E-state index is -2.37. The Morgan fingerprint density at radius 3 is 1.10 bits per heavy atom. The van der Waals surface area contributed by atoms with Crippen molar-refractivity contribution < 1.29 is 188 Å². The number of carbonyl (C=O) groups excluding carboxylic acids is 3. The second kappa shape index (κ2) is 55.8. The van der Waals surface area contributed by atoms with Crippen molar-refractivity contribution in [1.29, 1.82) is 0 Å². The molecule has 24 N–H and O–H groups in total. The normalized spacial score (nSPS) is 38.7. The number of aliphatic hydroxyl groups is 21. The van der Waals surface area contributed by atoms with Crippen LogP contribution in [0.3, 0.4) is 0 Å². The molecule has 7 heterocycles. The molecule has 123 heavy (non-hydrogen) atoms. The van der Waals surface area contributed by atoms with Gasteiger partial charge < -0.3 is 190 Å². The van der Waals surface area contributed by atoms with Crippen molar-refractivity contribution in [2.75, 3.05) is 52.9 Å². The first-order chi connectivity index (χ1) is 59.0. The first-order valence-corrected chi connectivity index (χ1v) is 44.5. The van der Waals surface area contributed by atoms with E-state index in [2.05, 4.69) is 29.8 Å². The Morgan fingerprint density at radius 2 is 0.659 bits per heavy atom. The van der Waals surface area contributed by atoms with Crippen LogP contribution in [-0.2, 0) is 80.7 Å². The lowest BCUT2D eigenvalue weighted by Crippen LogP contribution is -2.70. The van der Waals surface area contributed by atoms with Crippen LogP contribution in [0.1, 0.15) is 207 Å². The number of rotatable bonds is 55. The molecule has 718 valence electrons. The monoisotopic (exact) mass is 1780 g/mol. The lowest BCUT2D eigenvalue weighted by atomic mass is 9.94. The van der Waals surface area contributed by atoms with E-state index in [0.717, 1.165) is 65.2 Å². The zero-order valence-electron chi connectivity index (χ0n) is 71.3. The molecule has 0 aromatic carbocycles. The standard InChI is InChI=1S/C82H147N3O38/c1-5-7-9-11-13-15-17-19-20-22-24-26-28-30-32-34-54(95)85-45(46(94)33-31-29-27-25-23-21-18-16-14-12-10-8-6-2)41-110-78-68(107)64(103)72(51(39-90)116-78)120-81-69(108)65(104)73(52(40-91)117-81)121-82-70(109)75(59(98)49(37-88)114-82)123-77-56(84-44(4)93)74(122-80-67(106)63(102)58(97)48(36-87)113-80)60(99)53(118-77)42-111-76-55(83-43(3)92)61(100)71(50(38-89)115-76)119-79-66(105)62(101)57(96)47(35-86)112-79/h31,33,45-53,55-82,86-91,94,96-109H,5-30,32,34-42H2,1-4H3,(H,83,92)(H,84,93)(H,85,95)/b33-31+/t45-,46+,47?,48?,49?,50?,51?,52?,53?,55?,56?,57-,58-,59-,60-,61+,62-,63-,64+,65+,66?,67?,68?,69?,70?,71+,72+,73-,74+,75-,76+,77-,78+,79-,80-,81-,82-/m0/s1. The molecule has 7 aliphatic heterocycles. The molecule has 0 radical (unpaired) electrons. The van der Waals surface area contributed by atoms with Gasteiger partial charge in [0, 0.05) is 20.3 Å². The number of allylic oxidation sites excluding steroid dienone is 1. The molecule has 0 aromatic heterocycles. The quantitative estimate of drug-likeness (QED) is 0.0201. The number of amides is 3. The predicted octanol–water partition coefficient (Wildman–Crippen LogP) is -4.60. The maximum atomic E-state index is 13.6. The minimum Gasteiger partial charge on any atom is -0.394 e. The molecule has 0 spiro atoms. The van der Waals surface area contributed by atoms with Crippen LogP contribution in [0.15, 0.2) is 12.2 Å². The number of ether oxygens (including phenoxy) is 14. The predicted molar refractivity (Wildman–Crippen MR) is 426 cm³/mol. The molecule has 7 fully saturated rings. The van der Waals surface area contributed by atoms with Crippen LogP contribution in [0, 0.1) is 0 Å². The van der Waals surface area contributed by atoms with Crippen LogP contribution in [0.25, 0.3) is 0 Å². The number of hydrogen-bond donors (Lipinski definition) is 24. The number of nitrogens with one attached hydrogen (secondary N) is 3. The Labute approximate surface area is 718 Å². The average molecular weight is 1780 g/mol. The van der Waals surface area contributed by atoms with Crippen LogP contribution >= 0.6 is 0 Å². The van der Waals surface area contributed by atoms with Gasteiger partial charge in [0.05, 0.1) is 65.0 Å². The molecule has 0 saturated carbocycles. The Morgan fingerprint density at radius 1 is 0.325 bits per heavy atom. The van der Waals surface area contributed by atoms with Gasteiger partial charge in [-0.3, -0.25) is 14.4 Å². The maximum absolute atomic E-state index is 13.6. The van der Waals surface area contributed by atoms with Crippen LogP contribution in [-0.4, -0.2) is 405 Å². The first-order valence-electron chi connectivity index (χ1n) is 44.5. The molecule has 14 unspecified atom stereocenters. The zero-order chi connectivity index (χ0) is 90.0. The smallest absolute Gasteiger partial charge is 0.220 e. The van der Waals surface area contributed by atoms with E-state index in [4.69, 9.17) is 66.3 Å². The van der Waals surface area contributed by atoms with Gasteiger partial charge in [0.25, 0.3) is 0 Å². The highest BCUT2D eigenvalue weighted by Crippen LogP contribution is 2.39. The van der Waals surface area contributed by atoms with Crippen LogP contribution in [0.2, 0.25) is 0 Å². The van der Waals surface area contributed by atoms with Gasteiger partial charge in [-0.2, -0.15) is 0 Å². The van der Waals surface area contributed by atoms with Crippen LogP contribution < -0.4 is 16.0 Å². The van der Waals surface area contributed by atoms with Gasteiger partial charge in [-0.25, -0.2) is 0 Å². The van der Waals surface area contributed by atoms with Crippen LogP contribution in [0.5, 0.6) is 0 Å². The molecule has 7 aliphatic rings. The fourth-order valence-corrected chi connectivity index (χ4v) is 16.5. The van der Waals surface area contributed by atoms with Crippen molar-refractivity contribution in [2.24, 2.45) is 0 Å². The van der Waals surface area contributed by atoms with Gasteiger partial charge >= 0.3 is 0 Å². The summed E-state index contributed by atoms with van der Waals surface area (Å²) in [6.07, 6.45) is -32.5. The van der Waals surface area contributed by atoms with E-state index in [9.17, 15) is 122 Å². The molecule has 0 aliphatic carbocycles. The van der Waals surface area contributed by atoms with Gasteiger partial charge in [-0.1, -0.05) is 180 Å². The molecule has 37 atom stereocenters. The zero-order valence-corrected chi connectivity index (χ0v) is 71.3. The van der Waals surface area contributed by atoms with Crippen molar-refractivity contribution in [2.45, 2.75) is 434 Å². The molecular formula is C82H147N3O38. The van der Waals surface area contributed by atoms with E-state index in [1.165, 1.54) is 109 Å². The largest absolute Gasteiger partial charge is 0.394 e. The molecular weight excluding hydrogens is 1630 g/mol. The SMILES string of the molecule is CCCCCCCCCCCCC/C=C/[C@@H](O)[C@H](CO[C@@H]1OC(CO)[C@@H](O[C@@H]2OC(CO)[C@H](O[C@@H]3OC(CO)[C@H](O)[C@H](O[C@@H]4OC(CO[C@@H]5OC(CO)[C@@H](O[C@@H]6OC(CO)[C@H](O)[C@H](O)C6O)[C@H](O)C5NC(C)=O)[C@H](O)[C@H](O[C@@H]5OC(CO)[C@H](O)[C@H](O)C5O)C4NC(C)=O)C3O)[C@H](O)C2O)[C@H](O)C1O)NC(=O)CCCCCCCCCCCCCCCCC. The third-order valence-corrected chi connectivity index (χ3v) is 23.8. The number of aliphatic hydroxyl groups excluding tert-OH is 21. The Bertz CT molecular complexity index is 2930. The average Bonchev–Trinajstić information content (AvgIpc) is 0.762. The summed E-state index contributed by atoms with van der Waals surface area (Å²) in [5, 5.41) is 242. The van der Waals surface area contributed by atoms with Crippen molar-refractivity contribution in [3.63, 3.8) is 0 Å². The van der Waals surface area contributed by atoms with Crippen molar-refractivity contribution >= 4 is 17.7 Å². The van der Waals surface area contributed by atoms with E-state index >= 15 is 0 Å². The molecule has 3 amide bonds. The third-order valence-electron chi connectivity index (χ3n) is 23.8. The van der Waals surface area contributed by atoms with Gasteiger partial charge in [0.1, 0.15) is 171 Å². The second-order valence-corrected chi connectivity index (χ2v) is 33.5. The molecule has 0 bridgehead atoms. The van der Waals surface area contributed by atoms with E-state index in [-0.39, 0.29) is 12.3 Å². The van der Waals surface area contributed by atoms with Gasteiger partial charge in [-0.05, 0) is 19.3 Å². The van der Waals surface area contributed by atoms with Crippen molar-refractivity contribution in [3.05, 3.63) is 12.2 Å². The maximum Gasteiger partial charge on any atom is 0.220 e. The summed E-state index contributed by atoms with van der Waals surface area (Å²) in [4.78, 5) is 39.6. The minimum absolute atomic E-state index is 0.163. The summed E-state index contributed by atoms with van der Waals surface area (Å²) in [5.74, 6) is -2.14. The van der Waals surface area contributed by atoms with E-state index in [0.29, 0.717) is 12.8 Å². The summed E-state index contributed by atoms with van der Waals surface area (Å²) in [6, 6.07) is -4.76. The van der Waals surface area contributed by atoms with E-state index < -0.39 is 292 Å². The second-order valence-electron chi connectivity index (χ2n) is 33.5. The van der Waals surface area contributed by atoms with Gasteiger partial charge in [0.15, 0.2) is 44.0 Å². The van der Waals surface area contributed by atoms with Crippen LogP contribution in [0.4, 0.5) is 0 Å². The third kappa shape index (κ3) is 31.5. The van der Waals surface area contributed by atoms with Gasteiger partial charge in [-0.15, -0.1) is 0 Å². The molecule has 41 nitrogen and oxygen atoms in total. The highest BCUT2D eigenvalue weighted by molar-refractivity contribution is 5.76. The van der Waals surface area contributed by atoms with E-state index in [1.54, 1.807) is 6.08 Å². The number of hydrogen-bond acceptors (Lipinski definition) is 38. The Balaban J connectivity index is 1.02. The fourth-order valence-electron chi connectivity index (χ4n) is 16.5. The summed E-state index contributed by atoms with van der Waals surface area (Å²) >= 11 is 0.